The lowest BCUT2D eigenvalue weighted by Crippen LogP contribution is -2.57. The molecule has 1 heterocycles. The molecule has 0 aromatic rings. The summed E-state index contributed by atoms with van der Waals surface area (Å²) >= 11 is 0. The highest BCUT2D eigenvalue weighted by Crippen LogP contribution is 2.18. The minimum Gasteiger partial charge on any atom is -0.444 e. The van der Waals surface area contributed by atoms with E-state index in [4.69, 9.17) is 15.2 Å². The van der Waals surface area contributed by atoms with E-state index in [-0.39, 0.29) is 12.2 Å². The first-order valence-electron chi connectivity index (χ1n) is 5.98. The second kappa shape index (κ2) is 4.82. The first-order chi connectivity index (χ1) is 7.59. The quantitative estimate of drug-likeness (QED) is 0.756. The Balaban J connectivity index is 2.58. The van der Waals surface area contributed by atoms with Crippen LogP contribution in [0.4, 0.5) is 4.79 Å². The van der Waals surface area contributed by atoms with Crippen molar-refractivity contribution in [1.29, 1.82) is 0 Å². The van der Waals surface area contributed by atoms with Crippen LogP contribution in [0, 0.1) is 0 Å². The maximum atomic E-state index is 11.9. The standard InChI is InChI=1S/C12H24N2O3/c1-11(2,3)17-10(15)14-6-7-16-9(8-14)12(4,5)13/h9H,6-8,13H2,1-5H3. The van der Waals surface area contributed by atoms with E-state index in [1.807, 2.05) is 34.6 Å². The van der Waals surface area contributed by atoms with Crippen molar-refractivity contribution in [3.05, 3.63) is 0 Å². The molecule has 1 fully saturated rings. The van der Waals surface area contributed by atoms with Gasteiger partial charge in [0.15, 0.2) is 0 Å². The van der Waals surface area contributed by atoms with E-state index in [0.717, 1.165) is 0 Å². The van der Waals surface area contributed by atoms with E-state index < -0.39 is 11.1 Å². The SMILES string of the molecule is CC(C)(C)OC(=O)N1CCOC(C(C)(C)N)C1. The fourth-order valence-corrected chi connectivity index (χ4v) is 1.59. The Morgan fingerprint density at radius 1 is 1.35 bits per heavy atom. The van der Waals surface area contributed by atoms with Gasteiger partial charge in [-0.25, -0.2) is 4.79 Å². The summed E-state index contributed by atoms with van der Waals surface area (Å²) in [5.41, 5.74) is 5.07. The predicted molar refractivity (Wildman–Crippen MR) is 65.8 cm³/mol. The molecule has 5 heteroatoms. The molecule has 0 aromatic heterocycles. The molecule has 5 nitrogen and oxygen atoms in total. The number of ether oxygens (including phenoxy) is 2. The van der Waals surface area contributed by atoms with E-state index in [1.54, 1.807) is 4.90 Å². The van der Waals surface area contributed by atoms with Crippen LogP contribution in [0.15, 0.2) is 0 Å². The first-order valence-corrected chi connectivity index (χ1v) is 5.98. The van der Waals surface area contributed by atoms with Gasteiger partial charge >= 0.3 is 6.09 Å². The van der Waals surface area contributed by atoms with Crippen molar-refractivity contribution >= 4 is 6.09 Å². The first kappa shape index (κ1) is 14.3. The van der Waals surface area contributed by atoms with E-state index in [1.165, 1.54) is 0 Å². The zero-order valence-corrected chi connectivity index (χ0v) is 11.4. The van der Waals surface area contributed by atoms with Crippen molar-refractivity contribution in [3.63, 3.8) is 0 Å². The molecule has 0 aliphatic carbocycles. The van der Waals surface area contributed by atoms with Gasteiger partial charge in [-0.1, -0.05) is 0 Å². The van der Waals surface area contributed by atoms with Gasteiger partial charge in [-0.3, -0.25) is 0 Å². The van der Waals surface area contributed by atoms with Gasteiger partial charge in [0.25, 0.3) is 0 Å². The number of hydrogen-bond acceptors (Lipinski definition) is 4. The van der Waals surface area contributed by atoms with E-state index in [2.05, 4.69) is 0 Å². The highest BCUT2D eigenvalue weighted by Gasteiger charge is 2.34. The smallest absolute Gasteiger partial charge is 0.410 e. The number of hydrogen-bond donors (Lipinski definition) is 1. The van der Waals surface area contributed by atoms with Crippen LogP contribution in [-0.2, 0) is 9.47 Å². The minimum absolute atomic E-state index is 0.149. The highest BCUT2D eigenvalue weighted by molar-refractivity contribution is 5.68. The fraction of sp³-hybridized carbons (Fsp3) is 0.917. The van der Waals surface area contributed by atoms with E-state index in [0.29, 0.717) is 19.7 Å². The average molecular weight is 244 g/mol. The molecule has 0 spiro atoms. The zero-order valence-electron chi connectivity index (χ0n) is 11.4. The zero-order chi connectivity index (χ0) is 13.3. The molecular weight excluding hydrogens is 220 g/mol. The summed E-state index contributed by atoms with van der Waals surface area (Å²) in [5.74, 6) is 0. The number of amides is 1. The lowest BCUT2D eigenvalue weighted by atomic mass is 9.97. The largest absolute Gasteiger partial charge is 0.444 e. The molecule has 1 aliphatic heterocycles. The molecule has 1 unspecified atom stereocenters. The molecule has 0 radical (unpaired) electrons. The summed E-state index contributed by atoms with van der Waals surface area (Å²) in [6, 6.07) is 0. The number of morpholine rings is 1. The Labute approximate surface area is 103 Å². The number of rotatable bonds is 1. The third kappa shape index (κ3) is 4.52. The molecule has 1 atom stereocenters. The normalized spacial score (nSPS) is 22.5. The number of carbonyl (C=O) groups excluding carboxylic acids is 1. The molecule has 1 aliphatic rings. The number of carbonyl (C=O) groups is 1. The van der Waals surface area contributed by atoms with Crippen molar-refractivity contribution in [2.75, 3.05) is 19.7 Å². The van der Waals surface area contributed by atoms with Gasteiger partial charge in [-0.2, -0.15) is 0 Å². The fourth-order valence-electron chi connectivity index (χ4n) is 1.59. The Kier molecular flexibility index (Phi) is 4.04. The Morgan fingerprint density at radius 3 is 2.41 bits per heavy atom. The van der Waals surface area contributed by atoms with Gasteiger partial charge in [-0.15, -0.1) is 0 Å². The van der Waals surface area contributed by atoms with Crippen LogP contribution < -0.4 is 5.73 Å². The van der Waals surface area contributed by atoms with Gasteiger partial charge in [0, 0.05) is 12.1 Å². The van der Waals surface area contributed by atoms with Crippen LogP contribution in [-0.4, -0.2) is 47.9 Å². The van der Waals surface area contributed by atoms with Crippen LogP contribution in [0.2, 0.25) is 0 Å². The van der Waals surface area contributed by atoms with Crippen molar-refractivity contribution in [3.8, 4) is 0 Å². The van der Waals surface area contributed by atoms with E-state index >= 15 is 0 Å². The maximum absolute atomic E-state index is 11.9. The van der Waals surface area contributed by atoms with Crippen LogP contribution in [0.1, 0.15) is 34.6 Å². The Bertz CT molecular complexity index is 278. The van der Waals surface area contributed by atoms with Gasteiger partial charge in [0.05, 0.1) is 19.3 Å². The van der Waals surface area contributed by atoms with Gasteiger partial charge in [0.2, 0.25) is 0 Å². The molecule has 1 amide bonds. The lowest BCUT2D eigenvalue weighted by Gasteiger charge is -2.39. The Morgan fingerprint density at radius 2 is 1.94 bits per heavy atom. The molecule has 1 saturated heterocycles. The second-order valence-corrected chi connectivity index (χ2v) is 6.11. The van der Waals surface area contributed by atoms with Crippen molar-refractivity contribution < 1.29 is 14.3 Å². The van der Waals surface area contributed by atoms with Crippen LogP contribution in [0.3, 0.4) is 0 Å². The monoisotopic (exact) mass is 244 g/mol. The second-order valence-electron chi connectivity index (χ2n) is 6.11. The third-order valence-electron chi connectivity index (χ3n) is 2.55. The molecule has 17 heavy (non-hydrogen) atoms. The summed E-state index contributed by atoms with van der Waals surface area (Å²) in [7, 11) is 0. The molecule has 2 N–H and O–H groups in total. The summed E-state index contributed by atoms with van der Waals surface area (Å²) in [6.07, 6.45) is -0.446. The molecule has 0 bridgehead atoms. The molecular formula is C12H24N2O3. The predicted octanol–water partition coefficient (Wildman–Crippen LogP) is 1.36. The highest BCUT2D eigenvalue weighted by atomic mass is 16.6. The number of nitrogens with two attached hydrogens (primary N) is 1. The van der Waals surface area contributed by atoms with E-state index in [9.17, 15) is 4.79 Å². The van der Waals surface area contributed by atoms with Crippen molar-refractivity contribution in [1.82, 2.24) is 4.90 Å². The topological polar surface area (TPSA) is 64.8 Å². The average Bonchev–Trinajstić information content (AvgIpc) is 2.14. The molecule has 1 rings (SSSR count). The third-order valence-corrected chi connectivity index (χ3v) is 2.55. The number of nitrogens with zero attached hydrogens (tertiary/aromatic N) is 1. The summed E-state index contributed by atoms with van der Waals surface area (Å²) in [5, 5.41) is 0. The van der Waals surface area contributed by atoms with Crippen LogP contribution in [0.5, 0.6) is 0 Å². The van der Waals surface area contributed by atoms with Crippen LogP contribution in [0.25, 0.3) is 0 Å². The maximum Gasteiger partial charge on any atom is 0.410 e. The summed E-state index contributed by atoms with van der Waals surface area (Å²) < 4.78 is 10.9. The lowest BCUT2D eigenvalue weighted by molar-refractivity contribution is -0.0643. The van der Waals surface area contributed by atoms with Crippen LogP contribution >= 0.6 is 0 Å². The minimum atomic E-state index is -0.469. The van der Waals surface area contributed by atoms with Gasteiger partial charge in [-0.05, 0) is 34.6 Å². The molecule has 100 valence electrons. The van der Waals surface area contributed by atoms with Gasteiger partial charge in [0.1, 0.15) is 5.60 Å². The summed E-state index contributed by atoms with van der Waals surface area (Å²) in [4.78, 5) is 13.6. The van der Waals surface area contributed by atoms with Crippen molar-refractivity contribution in [2.24, 2.45) is 5.73 Å². The Hall–Kier alpha value is -0.810. The van der Waals surface area contributed by atoms with Crippen molar-refractivity contribution in [2.45, 2.75) is 51.9 Å². The summed E-state index contributed by atoms with van der Waals surface area (Å²) in [6.45, 7) is 10.9. The van der Waals surface area contributed by atoms with Gasteiger partial charge < -0.3 is 20.1 Å². The molecule has 0 aromatic carbocycles. The molecule has 0 saturated carbocycles.